The molecule has 2 heterocycles. The lowest BCUT2D eigenvalue weighted by Crippen LogP contribution is -2.59. The van der Waals surface area contributed by atoms with Crippen molar-refractivity contribution in [3.8, 4) is 0 Å². The molecule has 24 heavy (non-hydrogen) atoms. The van der Waals surface area contributed by atoms with Gasteiger partial charge in [-0.15, -0.1) is 0 Å². The van der Waals surface area contributed by atoms with E-state index in [1.165, 1.54) is 18.9 Å². The fourth-order valence-electron chi connectivity index (χ4n) is 5.71. The fourth-order valence-corrected chi connectivity index (χ4v) is 7.28. The van der Waals surface area contributed by atoms with Crippen LogP contribution in [0.2, 0.25) is 25.7 Å². The molecule has 0 bridgehead atoms. The van der Waals surface area contributed by atoms with Crippen molar-refractivity contribution in [3.63, 3.8) is 0 Å². The van der Waals surface area contributed by atoms with Gasteiger partial charge >= 0.3 is 0 Å². The average molecular weight is 355 g/mol. The van der Waals surface area contributed by atoms with Gasteiger partial charge in [0.05, 0.1) is 25.9 Å². The first-order valence-corrected chi connectivity index (χ1v) is 13.6. The van der Waals surface area contributed by atoms with E-state index in [1.54, 1.807) is 0 Å². The van der Waals surface area contributed by atoms with E-state index in [9.17, 15) is 0 Å². The highest BCUT2D eigenvalue weighted by atomic mass is 28.3. The molecule has 4 atom stereocenters. The summed E-state index contributed by atoms with van der Waals surface area (Å²) in [6.45, 7) is 11.9. The zero-order valence-corrected chi connectivity index (χ0v) is 16.9. The van der Waals surface area contributed by atoms with Crippen LogP contribution < -0.4 is 0 Å². The second-order valence-electron chi connectivity index (χ2n) is 9.89. The van der Waals surface area contributed by atoms with Crippen LogP contribution in [0, 0.1) is 11.3 Å². The van der Waals surface area contributed by atoms with E-state index in [1.807, 2.05) is 0 Å². The summed E-state index contributed by atoms with van der Waals surface area (Å²) in [6, 6.07) is 1.20. The van der Waals surface area contributed by atoms with Crippen molar-refractivity contribution in [2.75, 3.05) is 19.8 Å². The Kier molecular flexibility index (Phi) is 4.21. The lowest BCUT2D eigenvalue weighted by Gasteiger charge is -2.57. The maximum atomic E-state index is 6.54. The van der Waals surface area contributed by atoms with Gasteiger partial charge in [-0.1, -0.05) is 26.6 Å². The zero-order chi connectivity index (χ0) is 17.1. The molecule has 2 saturated heterocycles. The van der Waals surface area contributed by atoms with Crippen molar-refractivity contribution in [1.82, 2.24) is 0 Å². The first-order chi connectivity index (χ1) is 11.3. The van der Waals surface area contributed by atoms with Gasteiger partial charge in [0.1, 0.15) is 0 Å². The summed E-state index contributed by atoms with van der Waals surface area (Å²) < 4.78 is 25.2. The molecule has 4 rings (SSSR count). The van der Waals surface area contributed by atoms with Gasteiger partial charge in [-0.2, -0.15) is 0 Å². The third-order valence-electron chi connectivity index (χ3n) is 6.92. The van der Waals surface area contributed by atoms with Crippen LogP contribution >= 0.6 is 0 Å². The molecule has 2 saturated carbocycles. The van der Waals surface area contributed by atoms with Gasteiger partial charge < -0.3 is 18.9 Å². The van der Waals surface area contributed by atoms with Gasteiger partial charge in [-0.05, 0) is 31.2 Å². The van der Waals surface area contributed by atoms with E-state index in [-0.39, 0.29) is 17.0 Å². The Labute approximate surface area is 147 Å². The molecule has 2 unspecified atom stereocenters. The third-order valence-corrected chi connectivity index (χ3v) is 8.60. The quantitative estimate of drug-likeness (QED) is 0.698. The first kappa shape index (κ1) is 17.5. The number of fused-ring (bicyclic) bond motifs is 2. The van der Waals surface area contributed by atoms with Crippen molar-refractivity contribution in [1.29, 1.82) is 0 Å². The smallest absolute Gasteiger partial charge is 0.174 e. The lowest BCUT2D eigenvalue weighted by molar-refractivity contribution is -0.306. The van der Waals surface area contributed by atoms with Gasteiger partial charge in [-0.25, -0.2) is 0 Å². The van der Waals surface area contributed by atoms with Crippen LogP contribution in [0.4, 0.5) is 0 Å². The monoisotopic (exact) mass is 354 g/mol. The van der Waals surface area contributed by atoms with Crippen LogP contribution in [0.1, 0.15) is 45.4 Å². The predicted octanol–water partition coefficient (Wildman–Crippen LogP) is 4.17. The maximum Gasteiger partial charge on any atom is 0.174 e. The minimum absolute atomic E-state index is 0.108. The standard InChI is InChI=1S/C19H34O4Si/c1-17-8-9-18(22-13-16(23-18)14-24(2,3)4)12-15(17)6-5-7-19(17)20-10-11-21-19/h15-16H,5-14H2,1-4H3/t15-,16?,17+,18?/m1/s1. The van der Waals surface area contributed by atoms with Gasteiger partial charge in [0, 0.05) is 32.8 Å². The van der Waals surface area contributed by atoms with Crippen molar-refractivity contribution in [2.45, 2.75) is 88.8 Å². The van der Waals surface area contributed by atoms with E-state index in [0.717, 1.165) is 45.5 Å². The summed E-state index contributed by atoms with van der Waals surface area (Å²) in [5.41, 5.74) is 0.108. The molecule has 0 N–H and O–H groups in total. The lowest BCUT2D eigenvalue weighted by atomic mass is 9.56. The molecule has 0 aromatic heterocycles. The van der Waals surface area contributed by atoms with Gasteiger partial charge in [-0.3, -0.25) is 0 Å². The highest BCUT2D eigenvalue weighted by molar-refractivity contribution is 6.76. The predicted molar refractivity (Wildman–Crippen MR) is 95.6 cm³/mol. The molecule has 4 nitrogen and oxygen atoms in total. The molecule has 4 fully saturated rings. The summed E-state index contributed by atoms with van der Waals surface area (Å²) in [4.78, 5) is 0. The average Bonchev–Trinajstić information content (AvgIpc) is 3.10. The summed E-state index contributed by atoms with van der Waals surface area (Å²) in [5, 5.41) is 0. The van der Waals surface area contributed by atoms with Crippen LogP contribution in [-0.4, -0.2) is 45.6 Å². The molecule has 0 amide bonds. The summed E-state index contributed by atoms with van der Waals surface area (Å²) >= 11 is 0. The third kappa shape index (κ3) is 2.80. The summed E-state index contributed by atoms with van der Waals surface area (Å²) in [5.74, 6) is -0.0943. The van der Waals surface area contributed by atoms with Crippen molar-refractivity contribution >= 4 is 8.07 Å². The Morgan fingerprint density at radius 1 is 1.00 bits per heavy atom. The molecule has 2 aliphatic heterocycles. The Morgan fingerprint density at radius 2 is 1.75 bits per heavy atom. The maximum absolute atomic E-state index is 6.54. The molecule has 0 radical (unpaired) electrons. The normalized spacial score (nSPS) is 45.0. The Hall–Kier alpha value is 0.0569. The minimum atomic E-state index is -1.12. The molecular formula is C19H34O4Si. The molecular weight excluding hydrogens is 320 g/mol. The van der Waals surface area contributed by atoms with Gasteiger partial charge in [0.2, 0.25) is 0 Å². The Balaban J connectivity index is 1.48. The van der Waals surface area contributed by atoms with Crippen molar-refractivity contribution in [3.05, 3.63) is 0 Å². The number of hydrogen-bond donors (Lipinski definition) is 0. The van der Waals surface area contributed by atoms with Crippen molar-refractivity contribution < 1.29 is 18.9 Å². The van der Waals surface area contributed by atoms with E-state index in [2.05, 4.69) is 26.6 Å². The first-order valence-electron chi connectivity index (χ1n) is 9.86. The SMILES string of the molecule is C[C@]12CCC3(C[C@H]1CCCC21OCCO1)OCC(C[Si](C)(C)C)O3. The summed E-state index contributed by atoms with van der Waals surface area (Å²) in [7, 11) is -1.12. The minimum Gasteiger partial charge on any atom is -0.347 e. The molecule has 2 spiro atoms. The highest BCUT2D eigenvalue weighted by Crippen LogP contribution is 2.61. The molecule has 4 aliphatic rings. The van der Waals surface area contributed by atoms with Gasteiger partial charge in [0.15, 0.2) is 11.6 Å². The van der Waals surface area contributed by atoms with E-state index >= 15 is 0 Å². The van der Waals surface area contributed by atoms with Crippen molar-refractivity contribution in [2.24, 2.45) is 11.3 Å². The van der Waals surface area contributed by atoms with Crippen LogP contribution in [-0.2, 0) is 18.9 Å². The number of hydrogen-bond acceptors (Lipinski definition) is 4. The van der Waals surface area contributed by atoms with Crippen LogP contribution in [0.3, 0.4) is 0 Å². The summed E-state index contributed by atoms with van der Waals surface area (Å²) in [6.07, 6.45) is 6.87. The van der Waals surface area contributed by atoms with Gasteiger partial charge in [0.25, 0.3) is 0 Å². The Morgan fingerprint density at radius 3 is 2.46 bits per heavy atom. The number of ether oxygens (including phenoxy) is 4. The largest absolute Gasteiger partial charge is 0.347 e. The molecule has 0 aromatic carbocycles. The second-order valence-corrected chi connectivity index (χ2v) is 15.4. The second kappa shape index (κ2) is 5.78. The van der Waals surface area contributed by atoms with Crippen LogP contribution in [0.15, 0.2) is 0 Å². The van der Waals surface area contributed by atoms with E-state index in [4.69, 9.17) is 18.9 Å². The molecule has 2 aliphatic carbocycles. The molecule has 138 valence electrons. The van der Waals surface area contributed by atoms with E-state index in [0.29, 0.717) is 12.0 Å². The molecule has 5 heteroatoms. The number of rotatable bonds is 2. The van der Waals surface area contributed by atoms with Crippen LogP contribution in [0.5, 0.6) is 0 Å². The zero-order valence-electron chi connectivity index (χ0n) is 15.9. The topological polar surface area (TPSA) is 36.9 Å². The van der Waals surface area contributed by atoms with Crippen LogP contribution in [0.25, 0.3) is 0 Å². The molecule has 0 aromatic rings. The van der Waals surface area contributed by atoms with E-state index < -0.39 is 8.07 Å². The Bertz CT molecular complexity index is 484. The fraction of sp³-hybridized carbons (Fsp3) is 1.00. The highest BCUT2D eigenvalue weighted by Gasteiger charge is 2.63.